The van der Waals surface area contributed by atoms with Gasteiger partial charge < -0.3 is 5.73 Å². The third-order valence-electron chi connectivity index (χ3n) is 3.82. The van der Waals surface area contributed by atoms with Crippen LogP contribution in [0.5, 0.6) is 0 Å². The Bertz CT molecular complexity index is 597. The highest BCUT2D eigenvalue weighted by Gasteiger charge is 2.17. The molecule has 0 aliphatic heterocycles. The van der Waals surface area contributed by atoms with Gasteiger partial charge in [0.05, 0.1) is 0 Å². The van der Waals surface area contributed by atoms with E-state index in [1.54, 1.807) is 17.4 Å². The van der Waals surface area contributed by atoms with Crippen molar-refractivity contribution in [1.82, 2.24) is 0 Å². The Labute approximate surface area is 121 Å². The van der Waals surface area contributed by atoms with Crippen molar-refractivity contribution in [1.29, 1.82) is 0 Å². The van der Waals surface area contributed by atoms with Gasteiger partial charge in [0.1, 0.15) is 0 Å². The van der Waals surface area contributed by atoms with Gasteiger partial charge in [-0.2, -0.15) is 0 Å². The predicted octanol–water partition coefficient (Wildman–Crippen LogP) is 4.15. The van der Waals surface area contributed by atoms with Crippen LogP contribution in [0.15, 0.2) is 24.3 Å². The van der Waals surface area contributed by atoms with E-state index in [0.717, 1.165) is 29.3 Å². The topological polar surface area (TPSA) is 26.0 Å². The average molecular weight is 293 g/mol. The fourth-order valence-corrected chi connectivity index (χ4v) is 3.98. The molecule has 0 saturated carbocycles. The molecule has 106 valence electrons. The number of hydrogen-bond donors (Lipinski definition) is 1. The summed E-state index contributed by atoms with van der Waals surface area (Å²) in [5.74, 6) is -1.62. The normalized spacial score (nSPS) is 15.9. The van der Waals surface area contributed by atoms with Crippen LogP contribution >= 0.6 is 11.3 Å². The largest absolute Gasteiger partial charge is 0.323 e. The minimum Gasteiger partial charge on any atom is -0.323 e. The predicted molar refractivity (Wildman–Crippen MR) is 78.0 cm³/mol. The molecule has 1 atom stereocenters. The molecule has 20 heavy (non-hydrogen) atoms. The van der Waals surface area contributed by atoms with Gasteiger partial charge in [0.2, 0.25) is 0 Å². The molecular formula is C16H17F2NS. The summed E-state index contributed by atoms with van der Waals surface area (Å²) in [5.41, 5.74) is 8.39. The zero-order chi connectivity index (χ0) is 14.1. The van der Waals surface area contributed by atoms with E-state index in [2.05, 4.69) is 6.07 Å². The van der Waals surface area contributed by atoms with Crippen molar-refractivity contribution in [2.75, 3.05) is 0 Å². The van der Waals surface area contributed by atoms with Crippen LogP contribution in [-0.4, -0.2) is 0 Å². The number of nitrogens with two attached hydrogens (primary N) is 1. The van der Waals surface area contributed by atoms with Gasteiger partial charge in [0, 0.05) is 15.8 Å². The van der Waals surface area contributed by atoms with E-state index < -0.39 is 11.6 Å². The van der Waals surface area contributed by atoms with Crippen molar-refractivity contribution in [3.05, 3.63) is 56.8 Å². The van der Waals surface area contributed by atoms with Gasteiger partial charge in [-0.3, -0.25) is 0 Å². The molecule has 1 heterocycles. The highest BCUT2D eigenvalue weighted by Crippen LogP contribution is 2.33. The van der Waals surface area contributed by atoms with Crippen LogP contribution < -0.4 is 5.73 Å². The molecule has 2 aromatic rings. The number of halogens is 2. The Morgan fingerprint density at radius 3 is 2.65 bits per heavy atom. The molecule has 3 rings (SSSR count). The lowest BCUT2D eigenvalue weighted by molar-refractivity contribution is 0.506. The lowest BCUT2D eigenvalue weighted by Crippen LogP contribution is -2.12. The fourth-order valence-electron chi connectivity index (χ4n) is 2.72. The number of aryl methyl sites for hydroxylation is 2. The third-order valence-corrected chi connectivity index (χ3v) is 5.19. The van der Waals surface area contributed by atoms with Gasteiger partial charge in [-0.1, -0.05) is 6.07 Å². The van der Waals surface area contributed by atoms with E-state index in [1.165, 1.54) is 29.3 Å². The van der Waals surface area contributed by atoms with Crippen molar-refractivity contribution >= 4 is 11.3 Å². The van der Waals surface area contributed by atoms with Crippen LogP contribution in [-0.2, 0) is 19.3 Å². The molecule has 1 aromatic heterocycles. The van der Waals surface area contributed by atoms with Gasteiger partial charge in [-0.15, -0.1) is 11.3 Å². The monoisotopic (exact) mass is 293 g/mol. The zero-order valence-corrected chi connectivity index (χ0v) is 12.0. The summed E-state index contributed by atoms with van der Waals surface area (Å²) in [6.07, 6.45) is 5.34. The van der Waals surface area contributed by atoms with E-state index in [9.17, 15) is 8.78 Å². The molecule has 1 aromatic carbocycles. The average Bonchev–Trinajstić information content (AvgIpc) is 2.87. The van der Waals surface area contributed by atoms with Crippen LogP contribution in [0.2, 0.25) is 0 Å². The van der Waals surface area contributed by atoms with Crippen LogP contribution in [0.3, 0.4) is 0 Å². The quantitative estimate of drug-likeness (QED) is 0.904. The molecule has 0 fully saturated rings. The Hall–Kier alpha value is -1.26. The smallest absolute Gasteiger partial charge is 0.159 e. The van der Waals surface area contributed by atoms with Crippen LogP contribution in [0, 0.1) is 11.6 Å². The maximum atomic E-state index is 13.2. The molecule has 0 radical (unpaired) electrons. The SMILES string of the molecule is NC(Cc1ccc(F)c(F)c1)c1cc2c(s1)CCCC2. The molecule has 0 spiro atoms. The maximum absolute atomic E-state index is 13.2. The first kappa shape index (κ1) is 13.7. The van der Waals surface area contributed by atoms with Crippen LogP contribution in [0.4, 0.5) is 8.78 Å². The summed E-state index contributed by atoms with van der Waals surface area (Å²) in [7, 11) is 0. The highest BCUT2D eigenvalue weighted by atomic mass is 32.1. The number of fused-ring (bicyclic) bond motifs is 1. The zero-order valence-electron chi connectivity index (χ0n) is 11.2. The third kappa shape index (κ3) is 2.76. The van der Waals surface area contributed by atoms with Crippen molar-refractivity contribution in [3.8, 4) is 0 Å². The highest BCUT2D eigenvalue weighted by molar-refractivity contribution is 7.12. The summed E-state index contributed by atoms with van der Waals surface area (Å²) >= 11 is 1.78. The summed E-state index contributed by atoms with van der Waals surface area (Å²) in [5, 5.41) is 0. The molecule has 1 aliphatic rings. The maximum Gasteiger partial charge on any atom is 0.159 e. The summed E-state index contributed by atoms with van der Waals surface area (Å²) in [6, 6.07) is 6.06. The van der Waals surface area contributed by atoms with Crippen molar-refractivity contribution in [3.63, 3.8) is 0 Å². The Morgan fingerprint density at radius 1 is 1.10 bits per heavy atom. The van der Waals surface area contributed by atoms with E-state index >= 15 is 0 Å². The number of thiophene rings is 1. The lowest BCUT2D eigenvalue weighted by Gasteiger charge is -2.09. The molecule has 1 unspecified atom stereocenters. The summed E-state index contributed by atoms with van der Waals surface area (Å²) in [6.45, 7) is 0. The molecule has 0 bridgehead atoms. The number of benzene rings is 1. The van der Waals surface area contributed by atoms with Crippen molar-refractivity contribution < 1.29 is 8.78 Å². The second-order valence-corrected chi connectivity index (χ2v) is 6.53. The first-order chi connectivity index (χ1) is 9.63. The minimum atomic E-state index is -0.811. The van der Waals surface area contributed by atoms with E-state index in [0.29, 0.717) is 6.42 Å². The first-order valence-corrected chi connectivity index (χ1v) is 7.76. The van der Waals surface area contributed by atoms with Gasteiger partial charge in [0.15, 0.2) is 11.6 Å². The fraction of sp³-hybridized carbons (Fsp3) is 0.375. The summed E-state index contributed by atoms with van der Waals surface area (Å²) < 4.78 is 26.1. The Morgan fingerprint density at radius 2 is 1.90 bits per heavy atom. The number of hydrogen-bond acceptors (Lipinski definition) is 2. The van der Waals surface area contributed by atoms with E-state index in [1.807, 2.05) is 0 Å². The minimum absolute atomic E-state index is 0.143. The summed E-state index contributed by atoms with van der Waals surface area (Å²) in [4.78, 5) is 2.61. The van der Waals surface area contributed by atoms with Gasteiger partial charge in [-0.25, -0.2) is 8.78 Å². The molecular weight excluding hydrogens is 276 g/mol. The van der Waals surface area contributed by atoms with Gasteiger partial charge >= 0.3 is 0 Å². The number of rotatable bonds is 3. The molecule has 1 nitrogen and oxygen atoms in total. The Kier molecular flexibility index (Phi) is 3.85. The standard InChI is InChI=1S/C16H17F2NS/c17-12-6-5-10(7-13(12)18)8-14(19)16-9-11-3-1-2-4-15(11)20-16/h5-7,9,14H,1-4,8,19H2. The van der Waals surface area contributed by atoms with Crippen LogP contribution in [0.25, 0.3) is 0 Å². The van der Waals surface area contributed by atoms with Crippen molar-refractivity contribution in [2.24, 2.45) is 5.73 Å². The molecule has 2 N–H and O–H groups in total. The second kappa shape index (κ2) is 5.62. The second-order valence-electron chi connectivity index (χ2n) is 5.36. The van der Waals surface area contributed by atoms with E-state index in [4.69, 9.17) is 5.73 Å². The van der Waals surface area contributed by atoms with Gasteiger partial charge in [-0.05, 0) is 61.4 Å². The van der Waals surface area contributed by atoms with Crippen molar-refractivity contribution in [2.45, 2.75) is 38.1 Å². The molecule has 0 amide bonds. The van der Waals surface area contributed by atoms with E-state index in [-0.39, 0.29) is 6.04 Å². The van der Waals surface area contributed by atoms with Crippen LogP contribution in [0.1, 0.15) is 39.8 Å². The first-order valence-electron chi connectivity index (χ1n) is 6.94. The molecule has 1 aliphatic carbocycles. The lowest BCUT2D eigenvalue weighted by atomic mass is 9.98. The van der Waals surface area contributed by atoms with Gasteiger partial charge in [0.25, 0.3) is 0 Å². The molecule has 0 saturated heterocycles. The molecule has 4 heteroatoms. The Balaban J connectivity index is 1.76.